The van der Waals surface area contributed by atoms with E-state index >= 15 is 0 Å². The first-order valence-corrected chi connectivity index (χ1v) is 10.5. The predicted molar refractivity (Wildman–Crippen MR) is 110 cm³/mol. The van der Waals surface area contributed by atoms with Gasteiger partial charge >= 0.3 is 0 Å². The van der Waals surface area contributed by atoms with Crippen LogP contribution >= 0.6 is 0 Å². The van der Waals surface area contributed by atoms with E-state index < -0.39 is 0 Å². The average Bonchev–Trinajstić information content (AvgIpc) is 3.48. The zero-order valence-electron chi connectivity index (χ0n) is 16.5. The van der Waals surface area contributed by atoms with Gasteiger partial charge in [-0.05, 0) is 56.3 Å². The van der Waals surface area contributed by atoms with Crippen molar-refractivity contribution in [1.82, 2.24) is 24.7 Å². The molecule has 146 valence electrons. The number of hydrogen-bond donors (Lipinski definition) is 0. The van der Waals surface area contributed by atoms with E-state index in [-0.39, 0.29) is 0 Å². The minimum atomic E-state index is 0.559. The molecule has 1 saturated heterocycles. The topological polar surface area (TPSA) is 49.6 Å². The molecule has 0 amide bonds. The largest absolute Gasteiger partial charge is 0.355 e. The molecule has 28 heavy (non-hydrogen) atoms. The van der Waals surface area contributed by atoms with Gasteiger partial charge in [-0.2, -0.15) is 4.52 Å². The van der Waals surface area contributed by atoms with Gasteiger partial charge in [0.2, 0.25) is 0 Å². The van der Waals surface area contributed by atoms with Gasteiger partial charge in [0, 0.05) is 32.1 Å². The lowest BCUT2D eigenvalue weighted by molar-refractivity contribution is 0.242. The lowest BCUT2D eigenvalue weighted by Gasteiger charge is -2.34. The first-order valence-electron chi connectivity index (χ1n) is 10.5. The highest BCUT2D eigenvalue weighted by molar-refractivity contribution is 5.46. The van der Waals surface area contributed by atoms with Crippen LogP contribution in [0.2, 0.25) is 0 Å². The monoisotopic (exact) mass is 376 g/mol. The van der Waals surface area contributed by atoms with E-state index in [2.05, 4.69) is 69.5 Å². The summed E-state index contributed by atoms with van der Waals surface area (Å²) in [6, 6.07) is 14.9. The maximum absolute atomic E-state index is 4.87. The van der Waals surface area contributed by atoms with Gasteiger partial charge in [-0.1, -0.05) is 30.3 Å². The first-order chi connectivity index (χ1) is 13.8. The zero-order chi connectivity index (χ0) is 18.9. The summed E-state index contributed by atoms with van der Waals surface area (Å²) in [7, 11) is 2.24. The molecule has 0 radical (unpaired) electrons. The molecule has 6 heteroatoms. The van der Waals surface area contributed by atoms with Crippen LogP contribution in [0.25, 0.3) is 5.65 Å². The Morgan fingerprint density at radius 1 is 0.964 bits per heavy atom. The van der Waals surface area contributed by atoms with Crippen molar-refractivity contribution in [2.45, 2.75) is 38.1 Å². The molecule has 1 saturated carbocycles. The fraction of sp³-hybridized carbons (Fsp3) is 0.500. The Bertz CT molecular complexity index is 925. The molecule has 2 aliphatic rings. The van der Waals surface area contributed by atoms with Crippen LogP contribution in [0.4, 0.5) is 5.82 Å². The van der Waals surface area contributed by atoms with E-state index in [4.69, 9.17) is 5.10 Å². The number of nitrogens with zero attached hydrogens (tertiary/aromatic N) is 6. The van der Waals surface area contributed by atoms with Crippen LogP contribution in [0, 0.1) is 5.92 Å². The smallest absolute Gasteiger partial charge is 0.178 e. The van der Waals surface area contributed by atoms with Crippen LogP contribution in [-0.4, -0.2) is 51.4 Å². The maximum atomic E-state index is 4.87. The van der Waals surface area contributed by atoms with Crippen molar-refractivity contribution < 1.29 is 0 Å². The molecule has 3 heterocycles. The SMILES string of the molecule is CN(Cc1ccccc1)CC1CCN(c2ccc3nnc(C4CC4)n3n2)CC1. The van der Waals surface area contributed by atoms with Gasteiger partial charge in [0.1, 0.15) is 5.82 Å². The number of fused-ring (bicyclic) bond motifs is 1. The highest BCUT2D eigenvalue weighted by Crippen LogP contribution is 2.38. The first kappa shape index (κ1) is 17.6. The molecule has 2 aromatic heterocycles. The Hall–Kier alpha value is -2.47. The molecule has 1 aliphatic carbocycles. The molecule has 0 bridgehead atoms. The average molecular weight is 377 g/mol. The standard InChI is InChI=1S/C22H28N6/c1-26(15-17-5-3-2-4-6-17)16-18-11-13-27(14-12-18)21-10-9-20-23-24-22(19-7-8-19)28(20)25-21/h2-6,9-10,18-19H,7-8,11-16H2,1H3. The molecule has 6 nitrogen and oxygen atoms in total. The van der Waals surface area contributed by atoms with Crippen molar-refractivity contribution in [1.29, 1.82) is 0 Å². The lowest BCUT2D eigenvalue weighted by atomic mass is 9.96. The number of anilines is 1. The van der Waals surface area contributed by atoms with E-state index in [0.717, 1.165) is 49.4 Å². The van der Waals surface area contributed by atoms with Gasteiger partial charge in [0.25, 0.3) is 0 Å². The maximum Gasteiger partial charge on any atom is 0.178 e. The summed E-state index contributed by atoms with van der Waals surface area (Å²) in [5.74, 6) is 3.41. The summed E-state index contributed by atoms with van der Waals surface area (Å²) < 4.78 is 1.97. The minimum absolute atomic E-state index is 0.559. The Morgan fingerprint density at radius 2 is 1.75 bits per heavy atom. The number of aromatic nitrogens is 4. The Kier molecular flexibility index (Phi) is 4.72. The van der Waals surface area contributed by atoms with Crippen molar-refractivity contribution in [3.8, 4) is 0 Å². The van der Waals surface area contributed by atoms with Crippen LogP contribution in [0.3, 0.4) is 0 Å². The molecule has 0 N–H and O–H groups in total. The zero-order valence-corrected chi connectivity index (χ0v) is 16.5. The van der Waals surface area contributed by atoms with E-state index in [1.807, 2.05) is 4.52 Å². The van der Waals surface area contributed by atoms with Crippen molar-refractivity contribution in [2.75, 3.05) is 31.6 Å². The van der Waals surface area contributed by atoms with E-state index in [1.165, 1.54) is 31.2 Å². The number of benzene rings is 1. The summed E-state index contributed by atoms with van der Waals surface area (Å²) in [4.78, 5) is 4.88. The normalized spacial score (nSPS) is 18.3. The van der Waals surface area contributed by atoms with Crippen molar-refractivity contribution in [3.63, 3.8) is 0 Å². The van der Waals surface area contributed by atoms with Crippen molar-refractivity contribution >= 4 is 11.5 Å². The molecule has 5 rings (SSSR count). The molecule has 0 unspecified atom stereocenters. The van der Waals surface area contributed by atoms with Crippen LogP contribution < -0.4 is 4.90 Å². The number of piperidine rings is 1. The van der Waals surface area contributed by atoms with Crippen LogP contribution in [0.15, 0.2) is 42.5 Å². The minimum Gasteiger partial charge on any atom is -0.355 e. The van der Waals surface area contributed by atoms with Gasteiger partial charge in [0.05, 0.1) is 0 Å². The Balaban J connectivity index is 1.19. The molecule has 0 atom stereocenters. The van der Waals surface area contributed by atoms with Crippen LogP contribution in [0.1, 0.15) is 43.0 Å². The van der Waals surface area contributed by atoms with Crippen molar-refractivity contribution in [2.24, 2.45) is 5.92 Å². The summed E-state index contributed by atoms with van der Waals surface area (Å²) in [6.45, 7) is 4.33. The summed E-state index contributed by atoms with van der Waals surface area (Å²) >= 11 is 0. The van der Waals surface area contributed by atoms with E-state index in [0.29, 0.717) is 5.92 Å². The molecule has 1 aliphatic heterocycles. The number of hydrogen-bond acceptors (Lipinski definition) is 5. The molecule has 1 aromatic carbocycles. The van der Waals surface area contributed by atoms with Crippen LogP contribution in [-0.2, 0) is 6.54 Å². The second-order valence-corrected chi connectivity index (χ2v) is 8.41. The van der Waals surface area contributed by atoms with Gasteiger partial charge in [-0.25, -0.2) is 0 Å². The second kappa shape index (κ2) is 7.51. The van der Waals surface area contributed by atoms with Gasteiger partial charge in [0.15, 0.2) is 11.5 Å². The van der Waals surface area contributed by atoms with Crippen molar-refractivity contribution in [3.05, 3.63) is 53.9 Å². The van der Waals surface area contributed by atoms with E-state index in [9.17, 15) is 0 Å². The summed E-state index contributed by atoms with van der Waals surface area (Å²) in [5.41, 5.74) is 2.25. The van der Waals surface area contributed by atoms with Gasteiger partial charge in [-0.15, -0.1) is 15.3 Å². The molecule has 2 fully saturated rings. The highest BCUT2D eigenvalue weighted by Gasteiger charge is 2.29. The second-order valence-electron chi connectivity index (χ2n) is 8.41. The fourth-order valence-electron chi connectivity index (χ4n) is 4.31. The van der Waals surface area contributed by atoms with Gasteiger partial charge < -0.3 is 9.80 Å². The third kappa shape index (κ3) is 3.74. The molecule has 0 spiro atoms. The van der Waals surface area contributed by atoms with Crippen LogP contribution in [0.5, 0.6) is 0 Å². The highest BCUT2D eigenvalue weighted by atomic mass is 15.4. The quantitative estimate of drug-likeness (QED) is 0.660. The van der Waals surface area contributed by atoms with Gasteiger partial charge in [-0.3, -0.25) is 0 Å². The third-order valence-corrected chi connectivity index (χ3v) is 6.02. The summed E-state index contributed by atoms with van der Waals surface area (Å²) in [5, 5.41) is 13.5. The van der Waals surface area contributed by atoms with E-state index in [1.54, 1.807) is 0 Å². The Morgan fingerprint density at radius 3 is 2.50 bits per heavy atom. The summed E-state index contributed by atoms with van der Waals surface area (Å²) in [6.07, 6.45) is 4.87. The third-order valence-electron chi connectivity index (χ3n) is 6.02. The predicted octanol–water partition coefficient (Wildman–Crippen LogP) is 3.35. The molecule has 3 aromatic rings. The fourth-order valence-corrected chi connectivity index (χ4v) is 4.31. The Labute approximate surface area is 166 Å². The lowest BCUT2D eigenvalue weighted by Crippen LogP contribution is -2.38. The molecular formula is C22H28N6. The molecular weight excluding hydrogens is 348 g/mol. The number of rotatable bonds is 6.